The van der Waals surface area contributed by atoms with Crippen LogP contribution in [0.15, 0.2) is 24.3 Å². The fraction of sp³-hybridized carbons (Fsp3) is 0.550. The summed E-state index contributed by atoms with van der Waals surface area (Å²) in [6.07, 6.45) is 9.92. The summed E-state index contributed by atoms with van der Waals surface area (Å²) in [5.74, 6) is 7.20. The lowest BCUT2D eigenvalue weighted by molar-refractivity contribution is -0.120. The Morgan fingerprint density at radius 1 is 1.14 bits per heavy atom. The standard InChI is InChI=1S/C20H26O/c1-2-3-4-5-6-7-9-17-12-14-18(15-13-17)16-19-10-8-11-20(19)21/h12-15,19H,2-6,8,10-11,16H2,1H3. The Kier molecular flexibility index (Phi) is 6.54. The van der Waals surface area contributed by atoms with Crippen LogP contribution in [0.2, 0.25) is 0 Å². The molecule has 0 spiro atoms. The van der Waals surface area contributed by atoms with E-state index < -0.39 is 0 Å². The topological polar surface area (TPSA) is 17.1 Å². The highest BCUT2D eigenvalue weighted by atomic mass is 16.1. The van der Waals surface area contributed by atoms with Crippen molar-refractivity contribution >= 4 is 5.78 Å². The van der Waals surface area contributed by atoms with Gasteiger partial charge in [-0.2, -0.15) is 0 Å². The predicted octanol–water partition coefficient (Wildman–Crippen LogP) is 4.92. The fourth-order valence-electron chi connectivity index (χ4n) is 2.92. The Morgan fingerprint density at radius 2 is 1.95 bits per heavy atom. The van der Waals surface area contributed by atoms with Crippen LogP contribution in [0.3, 0.4) is 0 Å². The average molecular weight is 282 g/mol. The van der Waals surface area contributed by atoms with Crippen LogP contribution in [-0.2, 0) is 11.2 Å². The van der Waals surface area contributed by atoms with Gasteiger partial charge in [-0.25, -0.2) is 0 Å². The zero-order chi connectivity index (χ0) is 14.9. The highest BCUT2D eigenvalue weighted by Crippen LogP contribution is 2.25. The Labute approximate surface area is 129 Å². The molecule has 0 saturated heterocycles. The molecule has 0 heterocycles. The molecule has 112 valence electrons. The maximum atomic E-state index is 11.7. The summed E-state index contributed by atoms with van der Waals surface area (Å²) < 4.78 is 0. The van der Waals surface area contributed by atoms with E-state index >= 15 is 0 Å². The molecule has 1 atom stereocenters. The quantitative estimate of drug-likeness (QED) is 0.534. The molecule has 1 aromatic carbocycles. The number of hydrogen-bond donors (Lipinski definition) is 0. The largest absolute Gasteiger partial charge is 0.299 e. The lowest BCUT2D eigenvalue weighted by Crippen LogP contribution is -2.09. The molecule has 2 rings (SSSR count). The molecule has 21 heavy (non-hydrogen) atoms. The number of rotatable bonds is 6. The lowest BCUT2D eigenvalue weighted by atomic mass is 9.96. The van der Waals surface area contributed by atoms with E-state index in [2.05, 4.69) is 43.0 Å². The smallest absolute Gasteiger partial charge is 0.136 e. The monoisotopic (exact) mass is 282 g/mol. The summed E-state index contributed by atoms with van der Waals surface area (Å²) in [4.78, 5) is 11.7. The number of Topliss-reactive ketones (excluding diaryl/α,β-unsaturated/α-hetero) is 1. The lowest BCUT2D eigenvalue weighted by Gasteiger charge is -2.07. The van der Waals surface area contributed by atoms with E-state index in [1.807, 2.05) is 0 Å². The maximum Gasteiger partial charge on any atom is 0.136 e. The highest BCUT2D eigenvalue weighted by molar-refractivity contribution is 5.83. The number of hydrogen-bond acceptors (Lipinski definition) is 1. The molecule has 0 N–H and O–H groups in total. The van der Waals surface area contributed by atoms with Crippen LogP contribution in [-0.4, -0.2) is 5.78 Å². The minimum atomic E-state index is 0.264. The van der Waals surface area contributed by atoms with E-state index in [0.29, 0.717) is 5.78 Å². The van der Waals surface area contributed by atoms with Gasteiger partial charge < -0.3 is 0 Å². The van der Waals surface area contributed by atoms with E-state index in [1.54, 1.807) is 0 Å². The van der Waals surface area contributed by atoms with E-state index in [0.717, 1.165) is 37.7 Å². The summed E-state index contributed by atoms with van der Waals surface area (Å²) in [5.41, 5.74) is 2.36. The van der Waals surface area contributed by atoms with Crippen LogP contribution in [0.1, 0.15) is 69.4 Å². The third-order valence-corrected chi connectivity index (χ3v) is 4.26. The van der Waals surface area contributed by atoms with Crippen LogP contribution in [0, 0.1) is 17.8 Å². The third-order valence-electron chi connectivity index (χ3n) is 4.26. The van der Waals surface area contributed by atoms with Gasteiger partial charge in [0.1, 0.15) is 5.78 Å². The third kappa shape index (κ3) is 5.38. The van der Waals surface area contributed by atoms with Crippen molar-refractivity contribution in [2.45, 2.75) is 64.7 Å². The molecule has 1 aromatic rings. The molecular formula is C20H26O. The molecule has 1 fully saturated rings. The molecule has 1 heteroatoms. The molecule has 1 nitrogen and oxygen atoms in total. The first-order valence-electron chi connectivity index (χ1n) is 8.40. The number of unbranched alkanes of at least 4 members (excludes halogenated alkanes) is 4. The normalized spacial score (nSPS) is 17.6. The molecule has 0 aromatic heterocycles. The fourth-order valence-corrected chi connectivity index (χ4v) is 2.92. The van der Waals surface area contributed by atoms with Gasteiger partial charge in [0.2, 0.25) is 0 Å². The molecular weight excluding hydrogens is 256 g/mol. The Morgan fingerprint density at radius 3 is 2.62 bits per heavy atom. The van der Waals surface area contributed by atoms with Crippen molar-refractivity contribution in [1.29, 1.82) is 0 Å². The second-order valence-electron chi connectivity index (χ2n) is 6.07. The van der Waals surface area contributed by atoms with E-state index in [4.69, 9.17) is 0 Å². The van der Waals surface area contributed by atoms with Crippen molar-refractivity contribution in [3.8, 4) is 11.8 Å². The number of benzene rings is 1. The van der Waals surface area contributed by atoms with Crippen molar-refractivity contribution in [1.82, 2.24) is 0 Å². The van der Waals surface area contributed by atoms with Gasteiger partial charge in [0.25, 0.3) is 0 Å². The van der Waals surface area contributed by atoms with Crippen LogP contribution < -0.4 is 0 Å². The highest BCUT2D eigenvalue weighted by Gasteiger charge is 2.24. The Balaban J connectivity index is 1.79. The van der Waals surface area contributed by atoms with Gasteiger partial charge in [0.15, 0.2) is 0 Å². The van der Waals surface area contributed by atoms with Gasteiger partial charge >= 0.3 is 0 Å². The van der Waals surface area contributed by atoms with Gasteiger partial charge in [-0.1, -0.05) is 50.2 Å². The van der Waals surface area contributed by atoms with Crippen molar-refractivity contribution in [2.24, 2.45) is 5.92 Å². The van der Waals surface area contributed by atoms with Crippen LogP contribution in [0.5, 0.6) is 0 Å². The summed E-state index contributed by atoms with van der Waals surface area (Å²) in [5, 5.41) is 0. The maximum absolute atomic E-state index is 11.7. The summed E-state index contributed by atoms with van der Waals surface area (Å²) >= 11 is 0. The second kappa shape index (κ2) is 8.67. The van der Waals surface area contributed by atoms with Crippen molar-refractivity contribution in [3.05, 3.63) is 35.4 Å². The van der Waals surface area contributed by atoms with Crippen molar-refractivity contribution in [3.63, 3.8) is 0 Å². The zero-order valence-corrected chi connectivity index (χ0v) is 13.2. The first-order valence-corrected chi connectivity index (χ1v) is 8.40. The van der Waals surface area contributed by atoms with E-state index in [-0.39, 0.29) is 5.92 Å². The van der Waals surface area contributed by atoms with E-state index in [1.165, 1.54) is 31.2 Å². The second-order valence-corrected chi connectivity index (χ2v) is 6.07. The Hall–Kier alpha value is -1.55. The number of ketones is 1. The number of carbonyl (C=O) groups excluding carboxylic acids is 1. The molecule has 1 saturated carbocycles. The van der Waals surface area contributed by atoms with Gasteiger partial charge in [-0.3, -0.25) is 4.79 Å². The average Bonchev–Trinajstić information content (AvgIpc) is 2.90. The minimum Gasteiger partial charge on any atom is -0.299 e. The predicted molar refractivity (Wildman–Crippen MR) is 88.1 cm³/mol. The molecule has 1 aliphatic rings. The van der Waals surface area contributed by atoms with Crippen LogP contribution in [0.4, 0.5) is 0 Å². The minimum absolute atomic E-state index is 0.264. The first kappa shape index (κ1) is 15.8. The summed E-state index contributed by atoms with van der Waals surface area (Å²) in [6.45, 7) is 2.23. The Bertz CT molecular complexity index is 501. The SMILES string of the molecule is CCCCCCC#Cc1ccc(CC2CCCC2=O)cc1. The number of carbonyl (C=O) groups is 1. The molecule has 1 unspecified atom stereocenters. The summed E-state index contributed by atoms with van der Waals surface area (Å²) in [7, 11) is 0. The van der Waals surface area contributed by atoms with Crippen LogP contribution >= 0.6 is 0 Å². The van der Waals surface area contributed by atoms with Gasteiger partial charge in [-0.05, 0) is 43.4 Å². The van der Waals surface area contributed by atoms with E-state index in [9.17, 15) is 4.79 Å². The molecule has 1 aliphatic carbocycles. The van der Waals surface area contributed by atoms with Crippen LogP contribution in [0.25, 0.3) is 0 Å². The van der Waals surface area contributed by atoms with Crippen molar-refractivity contribution < 1.29 is 4.79 Å². The molecule has 0 amide bonds. The van der Waals surface area contributed by atoms with Gasteiger partial charge in [0.05, 0.1) is 0 Å². The molecule has 0 bridgehead atoms. The molecule has 0 aliphatic heterocycles. The zero-order valence-electron chi connectivity index (χ0n) is 13.2. The summed E-state index contributed by atoms with van der Waals surface area (Å²) in [6, 6.07) is 8.45. The van der Waals surface area contributed by atoms with Gasteiger partial charge in [0, 0.05) is 24.3 Å². The van der Waals surface area contributed by atoms with Crippen molar-refractivity contribution in [2.75, 3.05) is 0 Å². The first-order chi connectivity index (χ1) is 10.3. The molecule has 0 radical (unpaired) electrons. The van der Waals surface area contributed by atoms with Gasteiger partial charge in [-0.15, -0.1) is 0 Å².